The molecule has 0 aliphatic rings. The Morgan fingerprint density at radius 2 is 0.966 bits per heavy atom. The zero-order valence-corrected chi connectivity index (χ0v) is 17.3. The highest BCUT2D eigenvalue weighted by Crippen LogP contribution is 2.00. The van der Waals surface area contributed by atoms with E-state index in [0.717, 1.165) is 0 Å². The fourth-order valence-electron chi connectivity index (χ4n) is 1.56. The molecule has 168 valence electrons. The van der Waals surface area contributed by atoms with Crippen molar-refractivity contribution in [2.45, 2.75) is 52.7 Å². The lowest BCUT2D eigenvalue weighted by Crippen LogP contribution is -2.28. The lowest BCUT2D eigenvalue weighted by atomic mass is 10.4. The first-order valence-corrected chi connectivity index (χ1v) is 9.39. The molecule has 0 aromatic carbocycles. The Hall–Kier alpha value is -2.56. The number of ether oxygens (including phenoxy) is 7. The van der Waals surface area contributed by atoms with Crippen LogP contribution in [-0.4, -0.2) is 76.1 Å². The average molecular weight is 422 g/mol. The third-order valence-corrected chi connectivity index (χ3v) is 3.00. The summed E-state index contributed by atoms with van der Waals surface area (Å²) in [7, 11) is 0. The van der Waals surface area contributed by atoms with Crippen molar-refractivity contribution in [3.8, 4) is 0 Å². The topological polar surface area (TPSA) is 133 Å². The van der Waals surface area contributed by atoms with Crippen LogP contribution in [0.5, 0.6) is 0 Å². The molecule has 0 aliphatic carbocycles. The van der Waals surface area contributed by atoms with Crippen LogP contribution >= 0.6 is 0 Å². The molecule has 29 heavy (non-hydrogen) atoms. The molecule has 11 heteroatoms. The smallest absolute Gasteiger partial charge is 0.463 e. The number of carbonyl (C=O) groups excluding carboxylic acids is 4. The molecule has 0 N–H and O–H groups in total. The van der Waals surface area contributed by atoms with Crippen molar-refractivity contribution in [2.75, 3.05) is 39.6 Å². The monoisotopic (exact) mass is 422 g/mol. The van der Waals surface area contributed by atoms with Gasteiger partial charge in [-0.2, -0.15) is 0 Å². The maximum absolute atomic E-state index is 11.4. The molecule has 0 heterocycles. The van der Waals surface area contributed by atoms with Gasteiger partial charge in [-0.1, -0.05) is 13.8 Å². The van der Waals surface area contributed by atoms with Gasteiger partial charge in [-0.15, -0.1) is 0 Å². The summed E-state index contributed by atoms with van der Waals surface area (Å²) < 4.78 is 33.7. The predicted octanol–water partition coefficient (Wildman–Crippen LogP) is 1.99. The van der Waals surface area contributed by atoms with Crippen LogP contribution in [0, 0.1) is 0 Å². The minimum atomic E-state index is -1.07. The number of esters is 2. The summed E-state index contributed by atoms with van der Waals surface area (Å²) >= 11 is 0. The molecular formula is C18H30O11. The van der Waals surface area contributed by atoms with Gasteiger partial charge in [-0.05, 0) is 26.7 Å². The van der Waals surface area contributed by atoms with Crippen LogP contribution in [-0.2, 0) is 42.7 Å². The zero-order valence-electron chi connectivity index (χ0n) is 17.3. The van der Waals surface area contributed by atoms with Gasteiger partial charge in [0.15, 0.2) is 12.2 Å². The Labute approximate surface area is 169 Å². The first-order chi connectivity index (χ1) is 13.8. The molecule has 0 fully saturated rings. The van der Waals surface area contributed by atoms with E-state index in [1.165, 1.54) is 13.8 Å². The highest BCUT2D eigenvalue weighted by Gasteiger charge is 2.20. The summed E-state index contributed by atoms with van der Waals surface area (Å²) in [6, 6.07) is 0. The van der Waals surface area contributed by atoms with Crippen molar-refractivity contribution in [2.24, 2.45) is 0 Å². The summed E-state index contributed by atoms with van der Waals surface area (Å²) in [5, 5.41) is 0. The van der Waals surface area contributed by atoms with Gasteiger partial charge in [0.05, 0.1) is 26.4 Å². The van der Waals surface area contributed by atoms with E-state index in [4.69, 9.17) is 33.2 Å². The molecule has 0 aliphatic heterocycles. The van der Waals surface area contributed by atoms with E-state index in [9.17, 15) is 19.2 Å². The second-order valence-electron chi connectivity index (χ2n) is 5.66. The molecule has 2 atom stereocenters. The summed E-state index contributed by atoms with van der Waals surface area (Å²) in [4.78, 5) is 45.7. The summed E-state index contributed by atoms with van der Waals surface area (Å²) in [6.45, 7) is 6.69. The van der Waals surface area contributed by atoms with Crippen LogP contribution in [0.2, 0.25) is 0 Å². The molecule has 0 saturated heterocycles. The molecule has 0 aromatic rings. The van der Waals surface area contributed by atoms with Crippen molar-refractivity contribution in [3.05, 3.63) is 0 Å². The highest BCUT2D eigenvalue weighted by molar-refractivity contribution is 5.77. The Morgan fingerprint density at radius 3 is 1.31 bits per heavy atom. The van der Waals surface area contributed by atoms with Crippen LogP contribution in [0.3, 0.4) is 0 Å². The van der Waals surface area contributed by atoms with E-state index in [1.54, 1.807) is 0 Å². The average Bonchev–Trinajstić information content (AvgIpc) is 2.68. The van der Waals surface area contributed by atoms with E-state index in [2.05, 4.69) is 0 Å². The third-order valence-electron chi connectivity index (χ3n) is 3.00. The Balaban J connectivity index is 3.71. The number of hydrogen-bond acceptors (Lipinski definition) is 11. The summed E-state index contributed by atoms with van der Waals surface area (Å²) in [5.41, 5.74) is 0. The molecule has 0 amide bonds. The molecule has 0 rings (SSSR count). The number of rotatable bonds is 14. The SMILES string of the molecule is CCCOC(=O)[C@@H](C)OC(=O)OCCOCCOC(=O)O[C@H](C)C(=O)OCCC. The van der Waals surface area contributed by atoms with Crippen molar-refractivity contribution in [3.63, 3.8) is 0 Å². The van der Waals surface area contributed by atoms with Gasteiger partial charge in [0.2, 0.25) is 0 Å². The first kappa shape index (κ1) is 26.4. The quantitative estimate of drug-likeness (QED) is 0.231. The van der Waals surface area contributed by atoms with Gasteiger partial charge in [0.25, 0.3) is 0 Å². The van der Waals surface area contributed by atoms with E-state index in [1.807, 2.05) is 13.8 Å². The fraction of sp³-hybridized carbons (Fsp3) is 0.778. The maximum Gasteiger partial charge on any atom is 0.509 e. The molecule has 0 radical (unpaired) electrons. The summed E-state index contributed by atoms with van der Waals surface area (Å²) in [6.07, 6.45) is -2.89. The minimum absolute atomic E-state index is 0.0158. The van der Waals surface area contributed by atoms with Crippen molar-refractivity contribution < 1.29 is 52.3 Å². The highest BCUT2D eigenvalue weighted by atomic mass is 16.7. The van der Waals surface area contributed by atoms with Crippen LogP contribution in [0.25, 0.3) is 0 Å². The van der Waals surface area contributed by atoms with Gasteiger partial charge in [0, 0.05) is 0 Å². The third kappa shape index (κ3) is 14.1. The van der Waals surface area contributed by atoms with Gasteiger partial charge < -0.3 is 33.2 Å². The van der Waals surface area contributed by atoms with Crippen LogP contribution in [0.4, 0.5) is 9.59 Å². The second-order valence-corrected chi connectivity index (χ2v) is 5.66. The molecular weight excluding hydrogens is 392 g/mol. The second kappa shape index (κ2) is 16.4. The van der Waals surface area contributed by atoms with Crippen LogP contribution in [0.15, 0.2) is 0 Å². The predicted molar refractivity (Wildman–Crippen MR) is 97.1 cm³/mol. The molecule has 0 spiro atoms. The first-order valence-electron chi connectivity index (χ1n) is 9.39. The molecule has 0 unspecified atom stereocenters. The zero-order chi connectivity index (χ0) is 22.1. The minimum Gasteiger partial charge on any atom is -0.463 e. The maximum atomic E-state index is 11.4. The largest absolute Gasteiger partial charge is 0.509 e. The van der Waals surface area contributed by atoms with Crippen molar-refractivity contribution in [1.29, 1.82) is 0 Å². The van der Waals surface area contributed by atoms with Gasteiger partial charge in [-0.25, -0.2) is 19.2 Å². The van der Waals surface area contributed by atoms with E-state index >= 15 is 0 Å². The van der Waals surface area contributed by atoms with Crippen molar-refractivity contribution >= 4 is 24.2 Å². The Bertz CT molecular complexity index is 462. The number of carbonyl (C=O) groups is 4. The lowest BCUT2D eigenvalue weighted by molar-refractivity contribution is -0.154. The van der Waals surface area contributed by atoms with Crippen LogP contribution < -0.4 is 0 Å². The van der Waals surface area contributed by atoms with Gasteiger partial charge in [0.1, 0.15) is 13.2 Å². The van der Waals surface area contributed by atoms with Crippen molar-refractivity contribution in [1.82, 2.24) is 0 Å². The van der Waals surface area contributed by atoms with E-state index in [0.29, 0.717) is 12.8 Å². The fourth-order valence-corrected chi connectivity index (χ4v) is 1.56. The normalized spacial score (nSPS) is 12.3. The lowest BCUT2D eigenvalue weighted by Gasteiger charge is -2.13. The van der Waals surface area contributed by atoms with Crippen LogP contribution in [0.1, 0.15) is 40.5 Å². The Kier molecular flexibility index (Phi) is 15.0. The molecule has 0 bridgehead atoms. The van der Waals surface area contributed by atoms with Gasteiger partial charge >= 0.3 is 24.2 Å². The number of hydrogen-bond donors (Lipinski definition) is 0. The summed E-state index contributed by atoms with van der Waals surface area (Å²) in [5.74, 6) is -1.31. The van der Waals surface area contributed by atoms with Gasteiger partial charge in [-0.3, -0.25) is 0 Å². The van der Waals surface area contributed by atoms with E-state index in [-0.39, 0.29) is 39.6 Å². The molecule has 0 saturated carbocycles. The molecule has 11 nitrogen and oxygen atoms in total. The standard InChI is InChI=1S/C18H30O11/c1-5-7-24-15(19)13(3)28-17(21)26-11-9-23-10-12-27-18(22)29-14(4)16(20)25-8-6-2/h13-14H,5-12H2,1-4H3/t13-,14-/m1/s1. The van der Waals surface area contributed by atoms with E-state index < -0.39 is 36.5 Å². The molecule has 0 aromatic heterocycles. The Morgan fingerprint density at radius 1 is 0.586 bits per heavy atom.